The first-order valence-corrected chi connectivity index (χ1v) is 8.31. The van der Waals surface area contributed by atoms with Crippen molar-refractivity contribution in [2.75, 3.05) is 0 Å². The fourth-order valence-corrected chi connectivity index (χ4v) is 3.35. The Hall–Kier alpha value is -2.57. The molecule has 1 aromatic heterocycles. The van der Waals surface area contributed by atoms with Crippen LogP contribution in [0.1, 0.15) is 47.6 Å². The van der Waals surface area contributed by atoms with Gasteiger partial charge in [-0.1, -0.05) is 6.07 Å². The van der Waals surface area contributed by atoms with Crippen LogP contribution >= 0.6 is 0 Å². The monoisotopic (exact) mass is 365 g/mol. The summed E-state index contributed by atoms with van der Waals surface area (Å²) in [7, 11) is 0. The van der Waals surface area contributed by atoms with Crippen LogP contribution in [0.5, 0.6) is 11.6 Å². The van der Waals surface area contributed by atoms with Gasteiger partial charge in [-0.3, -0.25) is 4.79 Å². The topological polar surface area (TPSA) is 59.4 Å². The Morgan fingerprint density at radius 3 is 2.77 bits per heavy atom. The number of aliphatic carboxylic acids is 1. The number of hydrogen-bond acceptors (Lipinski definition) is 3. The van der Waals surface area contributed by atoms with Gasteiger partial charge in [-0.2, -0.15) is 13.2 Å². The molecule has 0 bridgehead atoms. The largest absolute Gasteiger partial charge is 0.481 e. The lowest BCUT2D eigenvalue weighted by molar-refractivity contribution is -0.138. The second kappa shape index (κ2) is 6.97. The van der Waals surface area contributed by atoms with Gasteiger partial charge in [0.2, 0.25) is 5.88 Å². The van der Waals surface area contributed by atoms with Gasteiger partial charge in [-0.15, -0.1) is 0 Å². The highest BCUT2D eigenvalue weighted by Crippen LogP contribution is 2.37. The van der Waals surface area contributed by atoms with Crippen LogP contribution in [0.4, 0.5) is 13.2 Å². The van der Waals surface area contributed by atoms with Gasteiger partial charge in [0.15, 0.2) is 0 Å². The van der Waals surface area contributed by atoms with E-state index in [1.54, 1.807) is 18.2 Å². The van der Waals surface area contributed by atoms with Crippen LogP contribution < -0.4 is 4.74 Å². The van der Waals surface area contributed by atoms with E-state index >= 15 is 0 Å². The first-order valence-electron chi connectivity index (χ1n) is 8.31. The van der Waals surface area contributed by atoms with E-state index in [1.165, 1.54) is 6.92 Å². The molecule has 4 nitrogen and oxygen atoms in total. The van der Waals surface area contributed by atoms with E-state index < -0.39 is 17.7 Å². The number of carboxylic acids is 1. The van der Waals surface area contributed by atoms with Gasteiger partial charge in [0.25, 0.3) is 0 Å². The minimum Gasteiger partial charge on any atom is -0.481 e. The molecule has 1 aliphatic carbocycles. The van der Waals surface area contributed by atoms with Crippen molar-refractivity contribution in [3.63, 3.8) is 0 Å². The van der Waals surface area contributed by atoms with E-state index in [1.807, 2.05) is 0 Å². The molecule has 1 aliphatic rings. The van der Waals surface area contributed by atoms with Crippen LogP contribution in [-0.4, -0.2) is 16.1 Å². The molecular formula is C19H18F3NO3. The lowest BCUT2D eigenvalue weighted by Crippen LogP contribution is -2.13. The highest BCUT2D eigenvalue weighted by atomic mass is 19.4. The highest BCUT2D eigenvalue weighted by Gasteiger charge is 2.31. The Bertz CT molecular complexity index is 833. The molecule has 26 heavy (non-hydrogen) atoms. The summed E-state index contributed by atoms with van der Waals surface area (Å²) >= 11 is 0. The highest BCUT2D eigenvalue weighted by molar-refractivity contribution is 5.68. The molecule has 1 N–H and O–H groups in total. The fraction of sp³-hybridized carbons (Fsp3) is 0.368. The number of nitrogens with zero attached hydrogens (tertiary/aromatic N) is 1. The minimum absolute atomic E-state index is 0.0424. The molecule has 3 rings (SSSR count). The lowest BCUT2D eigenvalue weighted by atomic mass is 9.81. The standard InChI is InChI=1S/C19H18F3NO3/c1-11-7-14(19(20,21)22)10-17(23-11)26-15-5-6-16-12(8-15)3-2-4-13(16)9-18(24)25/h5-8,10,13H,2-4,9H2,1H3,(H,24,25)/t13-/m0/s1. The Morgan fingerprint density at radius 1 is 1.31 bits per heavy atom. The zero-order valence-electron chi connectivity index (χ0n) is 14.1. The summed E-state index contributed by atoms with van der Waals surface area (Å²) in [5.74, 6) is -0.604. The average molecular weight is 365 g/mol. The molecule has 0 spiro atoms. The van der Waals surface area contributed by atoms with Crippen molar-refractivity contribution in [3.8, 4) is 11.6 Å². The van der Waals surface area contributed by atoms with Crippen LogP contribution in [0, 0.1) is 6.92 Å². The van der Waals surface area contributed by atoms with Gasteiger partial charge >= 0.3 is 12.1 Å². The summed E-state index contributed by atoms with van der Waals surface area (Å²) in [5, 5.41) is 9.03. The Kier molecular flexibility index (Phi) is 4.89. The molecule has 0 aliphatic heterocycles. The number of aromatic nitrogens is 1. The molecule has 2 aromatic rings. The zero-order valence-corrected chi connectivity index (χ0v) is 14.1. The predicted molar refractivity (Wildman–Crippen MR) is 88.4 cm³/mol. The molecule has 0 saturated heterocycles. The summed E-state index contributed by atoms with van der Waals surface area (Å²) < 4.78 is 44.3. The van der Waals surface area contributed by atoms with E-state index in [0.717, 1.165) is 42.5 Å². The Labute approximate surface area is 148 Å². The molecule has 0 unspecified atom stereocenters. The van der Waals surface area contributed by atoms with Crippen molar-refractivity contribution in [3.05, 3.63) is 52.7 Å². The molecule has 7 heteroatoms. The third kappa shape index (κ3) is 4.15. The lowest BCUT2D eigenvalue weighted by Gasteiger charge is -2.24. The van der Waals surface area contributed by atoms with Crippen molar-refractivity contribution in [1.29, 1.82) is 0 Å². The number of carbonyl (C=O) groups is 1. The average Bonchev–Trinajstić information content (AvgIpc) is 2.53. The molecule has 0 radical (unpaired) electrons. The maximum atomic E-state index is 12.9. The third-order valence-corrected chi connectivity index (χ3v) is 4.45. The van der Waals surface area contributed by atoms with Crippen LogP contribution in [0.15, 0.2) is 30.3 Å². The summed E-state index contributed by atoms with van der Waals surface area (Å²) in [6.07, 6.45) is -1.92. The number of fused-ring (bicyclic) bond motifs is 1. The van der Waals surface area contributed by atoms with E-state index in [2.05, 4.69) is 4.98 Å². The number of pyridine rings is 1. The van der Waals surface area contributed by atoms with Crippen LogP contribution in [0.3, 0.4) is 0 Å². The first-order chi connectivity index (χ1) is 12.2. The molecule has 1 aromatic carbocycles. The second-order valence-electron chi connectivity index (χ2n) is 6.48. The minimum atomic E-state index is -4.47. The van der Waals surface area contributed by atoms with E-state index in [-0.39, 0.29) is 23.9 Å². The number of carboxylic acid groups (broad SMARTS) is 1. The number of hydrogen-bond donors (Lipinski definition) is 1. The van der Waals surface area contributed by atoms with Gasteiger partial charge in [0, 0.05) is 11.8 Å². The van der Waals surface area contributed by atoms with Crippen molar-refractivity contribution < 1.29 is 27.8 Å². The smallest absolute Gasteiger partial charge is 0.416 e. The molecule has 0 amide bonds. The van der Waals surface area contributed by atoms with Gasteiger partial charge in [-0.05, 0) is 61.4 Å². The number of aryl methyl sites for hydroxylation is 2. The SMILES string of the molecule is Cc1cc(C(F)(F)F)cc(Oc2ccc3c(c2)CCC[C@H]3CC(=O)O)n1. The quantitative estimate of drug-likeness (QED) is 0.819. The van der Waals surface area contributed by atoms with Crippen LogP contribution in [-0.2, 0) is 17.4 Å². The number of rotatable bonds is 4. The summed E-state index contributed by atoms with van der Waals surface area (Å²) in [5.41, 5.74) is 1.36. The normalized spacial score (nSPS) is 16.8. The molecular weight excluding hydrogens is 347 g/mol. The summed E-state index contributed by atoms with van der Waals surface area (Å²) in [6, 6.07) is 7.06. The molecule has 138 valence electrons. The van der Waals surface area contributed by atoms with E-state index in [9.17, 15) is 18.0 Å². The molecule has 0 saturated carbocycles. The van der Waals surface area contributed by atoms with Crippen LogP contribution in [0.25, 0.3) is 0 Å². The van der Waals surface area contributed by atoms with E-state index in [0.29, 0.717) is 5.75 Å². The molecule has 1 atom stereocenters. The Balaban J connectivity index is 1.86. The van der Waals surface area contributed by atoms with Crippen molar-refractivity contribution in [2.45, 2.75) is 44.7 Å². The van der Waals surface area contributed by atoms with Gasteiger partial charge in [0.05, 0.1) is 12.0 Å². The zero-order chi connectivity index (χ0) is 18.9. The van der Waals surface area contributed by atoms with Gasteiger partial charge < -0.3 is 9.84 Å². The number of ether oxygens (including phenoxy) is 1. The molecule has 0 fully saturated rings. The van der Waals surface area contributed by atoms with Crippen molar-refractivity contribution in [2.24, 2.45) is 0 Å². The number of alkyl halides is 3. The number of benzene rings is 1. The number of halogens is 3. The predicted octanol–water partition coefficient (Wildman–Crippen LogP) is 5.10. The maximum absolute atomic E-state index is 12.9. The Morgan fingerprint density at radius 2 is 2.08 bits per heavy atom. The van der Waals surface area contributed by atoms with Crippen LogP contribution in [0.2, 0.25) is 0 Å². The third-order valence-electron chi connectivity index (χ3n) is 4.45. The van der Waals surface area contributed by atoms with Crippen molar-refractivity contribution in [1.82, 2.24) is 4.98 Å². The van der Waals surface area contributed by atoms with E-state index in [4.69, 9.17) is 9.84 Å². The second-order valence-corrected chi connectivity index (χ2v) is 6.48. The fourth-order valence-electron chi connectivity index (χ4n) is 3.35. The van der Waals surface area contributed by atoms with Gasteiger partial charge in [0.1, 0.15) is 5.75 Å². The summed E-state index contributed by atoms with van der Waals surface area (Å²) in [6.45, 7) is 1.48. The van der Waals surface area contributed by atoms with Gasteiger partial charge in [-0.25, -0.2) is 4.98 Å². The van der Waals surface area contributed by atoms with Crippen molar-refractivity contribution >= 4 is 5.97 Å². The maximum Gasteiger partial charge on any atom is 0.416 e. The summed E-state index contributed by atoms with van der Waals surface area (Å²) in [4.78, 5) is 15.0. The first kappa shape index (κ1) is 18.2. The molecule has 1 heterocycles.